The van der Waals surface area contributed by atoms with E-state index in [9.17, 15) is 4.79 Å². The van der Waals surface area contributed by atoms with Crippen molar-refractivity contribution in [2.75, 3.05) is 0 Å². The molecule has 0 saturated carbocycles. The number of benzene rings is 1. The maximum Gasteiger partial charge on any atom is 0.274 e. The Hall–Kier alpha value is -1.71. The quantitative estimate of drug-likeness (QED) is 0.630. The number of unbranched alkanes of at least 4 members (excludes halogenated alkanes) is 7. The van der Waals surface area contributed by atoms with Crippen molar-refractivity contribution in [1.29, 1.82) is 0 Å². The van der Waals surface area contributed by atoms with Gasteiger partial charge in [-0.1, -0.05) is 70.1 Å². The van der Waals surface area contributed by atoms with Crippen LogP contribution in [0.5, 0.6) is 0 Å². The SMILES string of the molecule is CCCCCCCCCCn1ncc2ccccc2c1=O.F. The van der Waals surface area contributed by atoms with Crippen LogP contribution in [0, 0.1) is 0 Å². The maximum atomic E-state index is 12.3. The Bertz CT molecular complexity index is 609. The fraction of sp³-hybridized carbons (Fsp3) is 0.556. The Morgan fingerprint density at radius 3 is 2.32 bits per heavy atom. The lowest BCUT2D eigenvalue weighted by molar-refractivity contribution is 0.507. The Kier molecular flexibility index (Phi) is 8.41. The Balaban J connectivity index is 0.00000242. The summed E-state index contributed by atoms with van der Waals surface area (Å²) in [5.74, 6) is 0. The zero-order valence-corrected chi connectivity index (χ0v) is 13.5. The summed E-state index contributed by atoms with van der Waals surface area (Å²) in [5, 5.41) is 5.96. The van der Waals surface area contributed by atoms with E-state index in [4.69, 9.17) is 0 Å². The lowest BCUT2D eigenvalue weighted by Gasteiger charge is -2.06. The molecule has 0 radical (unpaired) electrons. The fourth-order valence-corrected chi connectivity index (χ4v) is 2.68. The first-order chi connectivity index (χ1) is 10.3. The van der Waals surface area contributed by atoms with E-state index >= 15 is 0 Å². The third kappa shape index (κ3) is 5.24. The average molecular weight is 306 g/mol. The monoisotopic (exact) mass is 306 g/mol. The summed E-state index contributed by atoms with van der Waals surface area (Å²) in [6.45, 7) is 2.98. The van der Waals surface area contributed by atoms with Crippen LogP contribution in [0.3, 0.4) is 0 Å². The van der Waals surface area contributed by atoms with Gasteiger partial charge in [0.05, 0.1) is 11.6 Å². The molecule has 0 aliphatic heterocycles. The first kappa shape index (κ1) is 18.3. The summed E-state index contributed by atoms with van der Waals surface area (Å²) < 4.78 is 1.61. The lowest BCUT2D eigenvalue weighted by atomic mass is 10.1. The number of nitrogens with zero attached hydrogens (tertiary/aromatic N) is 2. The van der Waals surface area contributed by atoms with Gasteiger partial charge in [0.25, 0.3) is 5.56 Å². The summed E-state index contributed by atoms with van der Waals surface area (Å²) in [5.41, 5.74) is 0.0380. The molecular formula is C18H27FN2O. The number of fused-ring (bicyclic) bond motifs is 1. The molecule has 0 amide bonds. The molecule has 0 fully saturated rings. The molecule has 0 aliphatic rings. The van der Waals surface area contributed by atoms with Crippen LogP contribution in [0.4, 0.5) is 4.70 Å². The molecule has 2 rings (SSSR count). The van der Waals surface area contributed by atoms with Crippen LogP contribution >= 0.6 is 0 Å². The van der Waals surface area contributed by atoms with E-state index < -0.39 is 0 Å². The van der Waals surface area contributed by atoms with Gasteiger partial charge in [0.2, 0.25) is 0 Å². The number of halogens is 1. The highest BCUT2D eigenvalue weighted by molar-refractivity contribution is 5.80. The highest BCUT2D eigenvalue weighted by atomic mass is 19.0. The van der Waals surface area contributed by atoms with Gasteiger partial charge in [0, 0.05) is 11.9 Å². The third-order valence-corrected chi connectivity index (χ3v) is 3.99. The number of hydrogen-bond donors (Lipinski definition) is 0. The molecule has 0 unspecified atom stereocenters. The van der Waals surface area contributed by atoms with E-state index in [2.05, 4.69) is 12.0 Å². The largest absolute Gasteiger partial charge is 0.274 e. The first-order valence-electron chi connectivity index (χ1n) is 8.28. The van der Waals surface area contributed by atoms with Crippen molar-refractivity contribution in [1.82, 2.24) is 9.78 Å². The van der Waals surface area contributed by atoms with E-state index in [1.807, 2.05) is 24.3 Å². The molecule has 3 nitrogen and oxygen atoms in total. The van der Waals surface area contributed by atoms with Crippen molar-refractivity contribution < 1.29 is 4.70 Å². The van der Waals surface area contributed by atoms with Crippen LogP contribution in [0.25, 0.3) is 10.8 Å². The van der Waals surface area contributed by atoms with E-state index in [1.165, 1.54) is 44.9 Å². The fourth-order valence-electron chi connectivity index (χ4n) is 2.68. The van der Waals surface area contributed by atoms with Gasteiger partial charge in [-0.3, -0.25) is 9.50 Å². The molecule has 0 saturated heterocycles. The van der Waals surface area contributed by atoms with Gasteiger partial charge in [-0.05, 0) is 12.5 Å². The molecule has 0 bridgehead atoms. The minimum Gasteiger partial charge on any atom is -0.269 e. The van der Waals surface area contributed by atoms with Crippen molar-refractivity contribution in [3.63, 3.8) is 0 Å². The van der Waals surface area contributed by atoms with Crippen molar-refractivity contribution in [3.8, 4) is 0 Å². The standard InChI is InChI=1S/C18H26N2O.FH/c1-2-3-4-5-6-7-8-11-14-20-18(21)17-13-10-9-12-16(17)15-19-20;/h9-10,12-13,15H,2-8,11,14H2,1H3;1H. The predicted molar refractivity (Wildman–Crippen MR) is 91.1 cm³/mol. The molecule has 0 aliphatic carbocycles. The van der Waals surface area contributed by atoms with Gasteiger partial charge < -0.3 is 0 Å². The number of aryl methyl sites for hydroxylation is 1. The van der Waals surface area contributed by atoms with Gasteiger partial charge in [-0.2, -0.15) is 5.10 Å². The van der Waals surface area contributed by atoms with Crippen LogP contribution in [0.1, 0.15) is 58.3 Å². The van der Waals surface area contributed by atoms with E-state index in [-0.39, 0.29) is 10.3 Å². The number of hydrogen-bond acceptors (Lipinski definition) is 2. The average Bonchev–Trinajstić information content (AvgIpc) is 2.52. The van der Waals surface area contributed by atoms with Gasteiger partial charge >= 0.3 is 0 Å². The minimum absolute atomic E-state index is 0. The van der Waals surface area contributed by atoms with Gasteiger partial charge in [0.15, 0.2) is 0 Å². The summed E-state index contributed by atoms with van der Waals surface area (Å²) in [6, 6.07) is 7.66. The topological polar surface area (TPSA) is 34.9 Å². The van der Waals surface area contributed by atoms with Crippen LogP contribution in [-0.4, -0.2) is 9.78 Å². The van der Waals surface area contributed by atoms with Crippen molar-refractivity contribution in [2.45, 2.75) is 64.8 Å². The molecule has 1 heterocycles. The van der Waals surface area contributed by atoms with E-state index in [0.717, 1.165) is 23.7 Å². The van der Waals surface area contributed by atoms with Crippen LogP contribution in [-0.2, 0) is 6.54 Å². The third-order valence-electron chi connectivity index (χ3n) is 3.99. The normalized spacial score (nSPS) is 10.6. The second-order valence-corrected chi connectivity index (χ2v) is 5.73. The van der Waals surface area contributed by atoms with E-state index in [0.29, 0.717) is 0 Å². The van der Waals surface area contributed by atoms with Gasteiger partial charge in [-0.15, -0.1) is 0 Å². The highest BCUT2D eigenvalue weighted by Crippen LogP contribution is 2.09. The number of rotatable bonds is 9. The Morgan fingerprint density at radius 1 is 0.955 bits per heavy atom. The Morgan fingerprint density at radius 2 is 1.59 bits per heavy atom. The van der Waals surface area contributed by atoms with Crippen molar-refractivity contribution in [2.24, 2.45) is 0 Å². The second kappa shape index (κ2) is 10.1. The molecule has 4 heteroatoms. The van der Waals surface area contributed by atoms with Crippen molar-refractivity contribution >= 4 is 10.8 Å². The molecule has 0 N–H and O–H groups in total. The smallest absolute Gasteiger partial charge is 0.269 e. The van der Waals surface area contributed by atoms with Crippen LogP contribution in [0.2, 0.25) is 0 Å². The molecule has 1 aromatic carbocycles. The highest BCUT2D eigenvalue weighted by Gasteiger charge is 2.02. The summed E-state index contributed by atoms with van der Waals surface area (Å²) in [7, 11) is 0. The zero-order valence-electron chi connectivity index (χ0n) is 13.5. The lowest BCUT2D eigenvalue weighted by Crippen LogP contribution is -2.22. The first-order valence-corrected chi connectivity index (χ1v) is 8.28. The summed E-state index contributed by atoms with van der Waals surface area (Å²) in [4.78, 5) is 12.3. The zero-order chi connectivity index (χ0) is 14.9. The van der Waals surface area contributed by atoms with Gasteiger partial charge in [-0.25, -0.2) is 4.68 Å². The molecule has 22 heavy (non-hydrogen) atoms. The molecular weight excluding hydrogens is 279 g/mol. The Labute approximate surface area is 131 Å². The molecule has 1 aromatic heterocycles. The molecule has 122 valence electrons. The molecule has 0 atom stereocenters. The van der Waals surface area contributed by atoms with Crippen molar-refractivity contribution in [3.05, 3.63) is 40.8 Å². The summed E-state index contributed by atoms with van der Waals surface area (Å²) >= 11 is 0. The number of aromatic nitrogens is 2. The molecule has 2 aromatic rings. The predicted octanol–water partition coefficient (Wildman–Crippen LogP) is 4.69. The van der Waals surface area contributed by atoms with E-state index in [1.54, 1.807) is 10.9 Å². The van der Waals surface area contributed by atoms with Crippen LogP contribution in [0.15, 0.2) is 35.3 Å². The second-order valence-electron chi connectivity index (χ2n) is 5.73. The van der Waals surface area contributed by atoms with Gasteiger partial charge in [0.1, 0.15) is 0 Å². The maximum absolute atomic E-state index is 12.3. The van der Waals surface area contributed by atoms with Crippen LogP contribution < -0.4 is 5.56 Å². The summed E-state index contributed by atoms with van der Waals surface area (Å²) in [6.07, 6.45) is 12.0. The molecule has 0 spiro atoms. The minimum atomic E-state index is 0.